The fourth-order valence-electron chi connectivity index (χ4n) is 2.59. The highest BCUT2D eigenvalue weighted by Gasteiger charge is 2.27. The van der Waals surface area contributed by atoms with Crippen LogP contribution in [0.15, 0.2) is 72.9 Å². The lowest BCUT2D eigenvalue weighted by atomic mass is 10.4. The molecule has 4 nitrogen and oxygen atoms in total. The summed E-state index contributed by atoms with van der Waals surface area (Å²) in [5, 5.41) is 2.72. The molecule has 0 radical (unpaired) electrons. The van der Waals surface area contributed by atoms with Crippen LogP contribution < -0.4 is 10.4 Å². The number of hydrogen-bond donors (Lipinski definition) is 0. The molecule has 0 aromatic heterocycles. The first-order valence-corrected chi connectivity index (χ1v) is 29.4. The van der Waals surface area contributed by atoms with Crippen LogP contribution >= 0.6 is 0 Å². The van der Waals surface area contributed by atoms with Crippen LogP contribution in [0.3, 0.4) is 0 Å². The second-order valence-corrected chi connectivity index (χ2v) is 33.0. The first-order valence-electron chi connectivity index (χ1n) is 10.9. The lowest BCUT2D eigenvalue weighted by Gasteiger charge is -2.26. The van der Waals surface area contributed by atoms with E-state index in [1.165, 1.54) is 10.4 Å². The van der Waals surface area contributed by atoms with Crippen LogP contribution in [0.5, 0.6) is 0 Å². The Bertz CT molecular complexity index is 682. The molecule has 0 aliphatic carbocycles. The Hall–Kier alpha value is -0.245. The summed E-state index contributed by atoms with van der Waals surface area (Å²) in [5.41, 5.74) is 2.00. The summed E-state index contributed by atoms with van der Waals surface area (Å²) >= 11 is 0. The van der Waals surface area contributed by atoms with Gasteiger partial charge in [-0.1, -0.05) is 66.4 Å². The van der Waals surface area contributed by atoms with Crippen molar-refractivity contribution in [3.8, 4) is 0 Å². The molecule has 0 saturated carbocycles. The van der Waals surface area contributed by atoms with Crippen molar-refractivity contribution in [2.24, 2.45) is 0 Å². The molecule has 0 spiro atoms. The second-order valence-electron chi connectivity index (χ2n) is 8.22. The van der Waals surface area contributed by atoms with E-state index in [-0.39, 0.29) is 0 Å². The topological polar surface area (TPSA) is 36.9 Å². The Labute approximate surface area is 205 Å². The first kappa shape index (κ1) is 28.8. The monoisotopic (exact) mass is 556 g/mol. The minimum absolute atomic E-state index is 0.445. The highest BCUT2D eigenvalue weighted by molar-refractivity contribution is 7.22. The highest BCUT2D eigenvalue weighted by Crippen LogP contribution is 2.04. The first-order chi connectivity index (χ1) is 14.8. The van der Waals surface area contributed by atoms with Crippen LogP contribution in [-0.2, 0) is 16.5 Å². The molecule has 0 amide bonds. The van der Waals surface area contributed by atoms with Crippen molar-refractivity contribution in [1.29, 1.82) is 0 Å². The zero-order chi connectivity index (χ0) is 23.1. The maximum Gasteiger partial charge on any atom is 0.228 e. The van der Waals surface area contributed by atoms with E-state index in [1.807, 2.05) is 5.70 Å². The highest BCUT2D eigenvalue weighted by atomic mass is 29.2. The van der Waals surface area contributed by atoms with Crippen LogP contribution in [0.2, 0.25) is 32.7 Å². The molecule has 2 rings (SSSR count). The molecule has 0 heterocycles. The average molecular weight is 557 g/mol. The van der Waals surface area contributed by atoms with E-state index >= 15 is 0 Å². The summed E-state index contributed by atoms with van der Waals surface area (Å²) in [6, 6.07) is 21.5. The summed E-state index contributed by atoms with van der Waals surface area (Å²) < 4.78 is 24.1. The van der Waals surface area contributed by atoms with E-state index < -0.39 is 62.8 Å². The molecule has 172 valence electrons. The molecule has 0 bridgehead atoms. The Kier molecular flexibility index (Phi) is 15.2. The lowest BCUT2D eigenvalue weighted by Crippen LogP contribution is -2.52. The SMILES string of the molecule is C=C[SiH](C)O[SiH2][SiH2]O[Si](C)(C)[SiH2]O[SiH](c1ccccc1)c1ccccc1.C[SiH](C)O[SiH3]. The summed E-state index contributed by atoms with van der Waals surface area (Å²) in [6.45, 7) is 15.0. The minimum atomic E-state index is -1.66. The molecule has 1 unspecified atom stereocenters. The van der Waals surface area contributed by atoms with Gasteiger partial charge < -0.3 is 16.5 Å². The van der Waals surface area contributed by atoms with E-state index in [0.717, 1.165) is 10.5 Å². The normalized spacial score (nSPS) is 13.6. The molecule has 0 aliphatic rings. The van der Waals surface area contributed by atoms with E-state index in [4.69, 9.17) is 16.5 Å². The molecule has 0 fully saturated rings. The molecule has 31 heavy (non-hydrogen) atoms. The van der Waals surface area contributed by atoms with Crippen LogP contribution in [-0.4, -0.2) is 73.3 Å². The molecule has 0 saturated heterocycles. The summed E-state index contributed by atoms with van der Waals surface area (Å²) in [7, 11) is -5.62. The minimum Gasteiger partial charge on any atom is -0.466 e. The largest absolute Gasteiger partial charge is 0.466 e. The number of rotatable bonds is 12. The van der Waals surface area contributed by atoms with Gasteiger partial charge in [0.15, 0.2) is 53.8 Å². The third-order valence-corrected chi connectivity index (χ3v) is 30.7. The van der Waals surface area contributed by atoms with Crippen molar-refractivity contribution in [2.75, 3.05) is 0 Å². The van der Waals surface area contributed by atoms with Crippen LogP contribution in [0, 0.1) is 0 Å². The Balaban J connectivity index is 0.000000861. The third kappa shape index (κ3) is 13.1. The predicted molar refractivity (Wildman–Crippen MR) is 159 cm³/mol. The summed E-state index contributed by atoms with van der Waals surface area (Å²) in [4.78, 5) is 0. The number of benzene rings is 2. The Morgan fingerprint density at radius 2 is 1.35 bits per heavy atom. The maximum absolute atomic E-state index is 6.68. The molecule has 2 aromatic carbocycles. The van der Waals surface area contributed by atoms with Crippen LogP contribution in [0.1, 0.15) is 0 Å². The molecular formula is C19H40O4Si8. The Morgan fingerprint density at radius 3 is 1.77 bits per heavy atom. The van der Waals surface area contributed by atoms with Crippen molar-refractivity contribution in [3.05, 3.63) is 72.9 Å². The van der Waals surface area contributed by atoms with Crippen molar-refractivity contribution < 1.29 is 16.5 Å². The van der Waals surface area contributed by atoms with Gasteiger partial charge in [0.25, 0.3) is 0 Å². The summed E-state index contributed by atoms with van der Waals surface area (Å²) in [5.74, 6) is 0. The smallest absolute Gasteiger partial charge is 0.228 e. The van der Waals surface area contributed by atoms with Crippen molar-refractivity contribution in [3.63, 3.8) is 0 Å². The van der Waals surface area contributed by atoms with Gasteiger partial charge in [-0.3, -0.25) is 0 Å². The van der Waals surface area contributed by atoms with Gasteiger partial charge in [0, 0.05) is 0 Å². The van der Waals surface area contributed by atoms with E-state index in [9.17, 15) is 0 Å². The third-order valence-electron chi connectivity index (χ3n) is 4.56. The summed E-state index contributed by atoms with van der Waals surface area (Å²) in [6.07, 6.45) is 0. The van der Waals surface area contributed by atoms with Gasteiger partial charge in [0.05, 0.1) is 0 Å². The van der Waals surface area contributed by atoms with Gasteiger partial charge in [0.2, 0.25) is 9.04 Å². The van der Waals surface area contributed by atoms with Crippen LogP contribution in [0.4, 0.5) is 0 Å². The molecule has 2 aromatic rings. The molecule has 0 N–H and O–H groups in total. The zero-order valence-electron chi connectivity index (χ0n) is 20.0. The molecule has 0 aliphatic heterocycles. The van der Waals surface area contributed by atoms with E-state index in [0.29, 0.717) is 0 Å². The van der Waals surface area contributed by atoms with Crippen molar-refractivity contribution >= 4 is 83.7 Å². The Morgan fingerprint density at radius 1 is 0.871 bits per heavy atom. The van der Waals surface area contributed by atoms with Gasteiger partial charge in [-0.15, -0.1) is 6.58 Å². The fourth-order valence-corrected chi connectivity index (χ4v) is 32.9. The van der Waals surface area contributed by atoms with Crippen LogP contribution in [0.25, 0.3) is 0 Å². The second kappa shape index (κ2) is 16.4. The standard InChI is InChI=1S/C17H30O3Si6.C2H10OSi2/c1-5-24(2)18-21-22-20-26(3,4)23-19-25(16-12-8-6-9-13-16)17-14-10-7-11-15-17;1-5(2)3-4/h5-15,24-25H,1,21-23H2,2-4H3;5H,1-2,4H3. The fraction of sp³-hybridized carbons (Fsp3) is 0.263. The quantitative estimate of drug-likeness (QED) is 0.243. The van der Waals surface area contributed by atoms with Crippen molar-refractivity contribution in [2.45, 2.75) is 32.7 Å². The lowest BCUT2D eigenvalue weighted by molar-refractivity contribution is 0.584. The number of hydrogen-bond acceptors (Lipinski definition) is 4. The van der Waals surface area contributed by atoms with Gasteiger partial charge in [-0.25, -0.2) is 0 Å². The van der Waals surface area contributed by atoms with Gasteiger partial charge in [-0.2, -0.15) is 0 Å². The maximum atomic E-state index is 6.68. The van der Waals surface area contributed by atoms with Crippen molar-refractivity contribution in [1.82, 2.24) is 0 Å². The molecule has 1 atom stereocenters. The van der Waals surface area contributed by atoms with Gasteiger partial charge in [-0.05, 0) is 43.1 Å². The zero-order valence-corrected chi connectivity index (χ0v) is 30.8. The van der Waals surface area contributed by atoms with Gasteiger partial charge in [0.1, 0.15) is 10.5 Å². The van der Waals surface area contributed by atoms with Gasteiger partial charge >= 0.3 is 0 Å². The van der Waals surface area contributed by atoms with E-state index in [1.54, 1.807) is 0 Å². The predicted octanol–water partition coefficient (Wildman–Crippen LogP) is -1.21. The molecule has 12 heteroatoms. The molecular weight excluding hydrogens is 517 g/mol. The van der Waals surface area contributed by atoms with E-state index in [2.05, 4.69) is 100.0 Å². The average Bonchev–Trinajstić information content (AvgIpc) is 2.78.